The standard InChI is InChI=1S/C22H25ClN6O3/c23-14-3-1-13(2-4-14)16(5-8-30)28-21(31)22(24)6-7-29-15(9-22)11-32-17-10-25-19-18(17)20(29)27-12-26-19/h1-4,10,12,15-16,30H,5-9,11,24H2,(H,28,31)(H,25,26,27)/t15-,16+,22-/m1/s1. The molecule has 0 bridgehead atoms. The fraction of sp³-hybridized carbons (Fsp3) is 0.409. The van der Waals surface area contributed by atoms with Crippen LogP contribution in [0.2, 0.25) is 5.02 Å². The average molecular weight is 457 g/mol. The number of carbonyl (C=O) groups excluding carboxylic acids is 1. The highest BCUT2D eigenvalue weighted by Gasteiger charge is 2.45. The predicted molar refractivity (Wildman–Crippen MR) is 121 cm³/mol. The minimum atomic E-state index is -1.06. The van der Waals surface area contributed by atoms with Crippen molar-refractivity contribution < 1.29 is 14.6 Å². The summed E-state index contributed by atoms with van der Waals surface area (Å²) in [4.78, 5) is 27.4. The fourth-order valence-corrected chi connectivity index (χ4v) is 4.78. The van der Waals surface area contributed by atoms with Gasteiger partial charge in [0.2, 0.25) is 5.91 Å². The highest BCUT2D eigenvalue weighted by Crippen LogP contribution is 2.39. The van der Waals surface area contributed by atoms with Crippen molar-refractivity contribution in [3.05, 3.63) is 47.4 Å². The van der Waals surface area contributed by atoms with Crippen molar-refractivity contribution in [1.82, 2.24) is 20.3 Å². The number of rotatable bonds is 5. The molecule has 5 rings (SSSR count). The molecule has 168 valence electrons. The van der Waals surface area contributed by atoms with Gasteiger partial charge in [-0.1, -0.05) is 23.7 Å². The lowest BCUT2D eigenvalue weighted by Crippen LogP contribution is -2.63. The Labute approximate surface area is 189 Å². The van der Waals surface area contributed by atoms with Crippen molar-refractivity contribution in [1.29, 1.82) is 0 Å². The third-order valence-electron chi connectivity index (χ3n) is 6.40. The molecule has 0 saturated carbocycles. The van der Waals surface area contributed by atoms with Crippen LogP contribution < -0.4 is 20.7 Å². The molecule has 2 aromatic heterocycles. The molecule has 0 radical (unpaired) electrons. The first kappa shape index (κ1) is 21.0. The summed E-state index contributed by atoms with van der Waals surface area (Å²) in [7, 11) is 0. The molecular weight excluding hydrogens is 432 g/mol. The van der Waals surface area contributed by atoms with Gasteiger partial charge < -0.3 is 30.8 Å². The van der Waals surface area contributed by atoms with E-state index in [0.717, 1.165) is 22.4 Å². The lowest BCUT2D eigenvalue weighted by Gasteiger charge is -2.43. The van der Waals surface area contributed by atoms with Gasteiger partial charge in [-0.3, -0.25) is 4.79 Å². The number of aliphatic hydroxyl groups is 1. The summed E-state index contributed by atoms with van der Waals surface area (Å²) in [5.41, 5.74) is 7.21. The molecule has 2 aliphatic heterocycles. The van der Waals surface area contributed by atoms with Crippen LogP contribution in [0.15, 0.2) is 36.8 Å². The van der Waals surface area contributed by atoms with E-state index in [0.29, 0.717) is 43.2 Å². The fourth-order valence-electron chi connectivity index (χ4n) is 4.65. The molecule has 4 heterocycles. The van der Waals surface area contributed by atoms with Gasteiger partial charge in [-0.2, -0.15) is 0 Å². The topological polar surface area (TPSA) is 129 Å². The summed E-state index contributed by atoms with van der Waals surface area (Å²) < 4.78 is 6.02. The number of fused-ring (bicyclic) bond motifs is 2. The monoisotopic (exact) mass is 456 g/mol. The van der Waals surface area contributed by atoms with Crippen molar-refractivity contribution in [2.75, 3.05) is 24.7 Å². The third kappa shape index (κ3) is 3.66. The maximum atomic E-state index is 13.3. The van der Waals surface area contributed by atoms with E-state index in [2.05, 4.69) is 25.2 Å². The molecule has 2 aliphatic rings. The molecule has 0 spiro atoms. The molecule has 3 aromatic rings. The number of nitrogens with one attached hydrogen (secondary N) is 2. The largest absolute Gasteiger partial charge is 0.489 e. The molecule has 9 nitrogen and oxygen atoms in total. The molecule has 1 amide bonds. The molecule has 32 heavy (non-hydrogen) atoms. The summed E-state index contributed by atoms with van der Waals surface area (Å²) in [6.45, 7) is 0.907. The second-order valence-electron chi connectivity index (χ2n) is 8.43. The second-order valence-corrected chi connectivity index (χ2v) is 8.87. The van der Waals surface area contributed by atoms with Crippen LogP contribution >= 0.6 is 11.6 Å². The maximum absolute atomic E-state index is 13.3. The lowest BCUT2D eigenvalue weighted by molar-refractivity contribution is -0.128. The highest BCUT2D eigenvalue weighted by molar-refractivity contribution is 6.30. The number of carbonyl (C=O) groups is 1. The Morgan fingerprint density at radius 2 is 2.22 bits per heavy atom. The van der Waals surface area contributed by atoms with Crippen molar-refractivity contribution >= 4 is 34.4 Å². The second kappa shape index (κ2) is 8.23. The first-order chi connectivity index (χ1) is 15.5. The SMILES string of the molecule is N[C@]1(C(=O)N[C@@H](CCO)c2ccc(Cl)cc2)CCN2c3ncnc4[nH]cc(c34)OC[C@H]2C1. The van der Waals surface area contributed by atoms with E-state index in [1.165, 1.54) is 6.33 Å². The van der Waals surface area contributed by atoms with Crippen LogP contribution in [0.25, 0.3) is 11.0 Å². The summed E-state index contributed by atoms with van der Waals surface area (Å²) >= 11 is 5.99. The normalized spacial score (nSPS) is 23.2. The number of amides is 1. The van der Waals surface area contributed by atoms with Gasteiger partial charge in [0.25, 0.3) is 0 Å². The Kier molecular flexibility index (Phi) is 5.40. The van der Waals surface area contributed by atoms with Crippen molar-refractivity contribution in [2.45, 2.75) is 36.9 Å². The van der Waals surface area contributed by atoms with Gasteiger partial charge in [-0.15, -0.1) is 0 Å². The summed E-state index contributed by atoms with van der Waals surface area (Å²) in [6.07, 6.45) is 4.59. The molecule has 0 aliphatic carbocycles. The van der Waals surface area contributed by atoms with Crippen LogP contribution in [0.1, 0.15) is 30.9 Å². The molecule has 10 heteroatoms. The molecule has 5 N–H and O–H groups in total. The number of hydrogen-bond donors (Lipinski definition) is 4. The number of benzene rings is 1. The minimum absolute atomic E-state index is 0.0582. The molecule has 1 fully saturated rings. The van der Waals surface area contributed by atoms with Gasteiger partial charge in [0.1, 0.15) is 35.5 Å². The lowest BCUT2D eigenvalue weighted by atomic mass is 9.82. The molecule has 3 atom stereocenters. The zero-order chi connectivity index (χ0) is 22.3. The Hall–Kier alpha value is -2.88. The van der Waals surface area contributed by atoms with Gasteiger partial charge >= 0.3 is 0 Å². The molecule has 1 saturated heterocycles. The van der Waals surface area contributed by atoms with E-state index >= 15 is 0 Å². The number of ether oxygens (including phenoxy) is 1. The third-order valence-corrected chi connectivity index (χ3v) is 6.66. The average Bonchev–Trinajstić information content (AvgIpc) is 3.14. The Balaban J connectivity index is 1.35. The summed E-state index contributed by atoms with van der Waals surface area (Å²) in [5.74, 6) is 1.28. The van der Waals surface area contributed by atoms with Crippen LogP contribution in [-0.2, 0) is 4.79 Å². The zero-order valence-electron chi connectivity index (χ0n) is 17.4. The number of nitrogens with zero attached hydrogens (tertiary/aromatic N) is 3. The van der Waals surface area contributed by atoms with Crippen LogP contribution in [0.5, 0.6) is 5.75 Å². The van der Waals surface area contributed by atoms with E-state index in [9.17, 15) is 9.90 Å². The number of piperidine rings is 1. The van der Waals surface area contributed by atoms with E-state index in [1.807, 2.05) is 12.1 Å². The van der Waals surface area contributed by atoms with Crippen molar-refractivity contribution in [3.8, 4) is 5.75 Å². The minimum Gasteiger partial charge on any atom is -0.489 e. The van der Waals surface area contributed by atoms with E-state index in [1.54, 1.807) is 18.3 Å². The predicted octanol–water partition coefficient (Wildman–Crippen LogP) is 1.91. The van der Waals surface area contributed by atoms with Gasteiger partial charge in [0, 0.05) is 24.4 Å². The summed E-state index contributed by atoms with van der Waals surface area (Å²) in [6, 6.07) is 6.78. The Bertz CT molecular complexity index is 1140. The highest BCUT2D eigenvalue weighted by atomic mass is 35.5. The number of aliphatic hydroxyl groups excluding tert-OH is 1. The number of nitrogens with two attached hydrogens (primary N) is 1. The van der Waals surface area contributed by atoms with E-state index < -0.39 is 5.54 Å². The van der Waals surface area contributed by atoms with E-state index in [4.69, 9.17) is 22.1 Å². The zero-order valence-corrected chi connectivity index (χ0v) is 18.2. The first-order valence-electron chi connectivity index (χ1n) is 10.7. The number of H-pyrrole nitrogens is 1. The molecular formula is C22H25ClN6O3. The maximum Gasteiger partial charge on any atom is 0.240 e. The number of aromatic nitrogens is 3. The summed E-state index contributed by atoms with van der Waals surface area (Å²) in [5, 5.41) is 14.0. The van der Waals surface area contributed by atoms with Gasteiger partial charge in [-0.05, 0) is 37.0 Å². The van der Waals surface area contributed by atoms with Crippen LogP contribution in [0.4, 0.5) is 5.82 Å². The number of hydrogen-bond acceptors (Lipinski definition) is 7. The Morgan fingerprint density at radius 3 is 3.00 bits per heavy atom. The van der Waals surface area contributed by atoms with Crippen molar-refractivity contribution in [2.24, 2.45) is 5.73 Å². The van der Waals surface area contributed by atoms with Gasteiger partial charge in [0.15, 0.2) is 0 Å². The number of halogens is 1. The van der Waals surface area contributed by atoms with Gasteiger partial charge in [-0.25, -0.2) is 9.97 Å². The van der Waals surface area contributed by atoms with Gasteiger partial charge in [0.05, 0.1) is 17.6 Å². The number of aromatic amines is 1. The van der Waals surface area contributed by atoms with Crippen molar-refractivity contribution in [3.63, 3.8) is 0 Å². The van der Waals surface area contributed by atoms with E-state index in [-0.39, 0.29) is 24.6 Å². The first-order valence-corrected chi connectivity index (χ1v) is 11.0. The molecule has 0 unspecified atom stereocenters. The smallest absolute Gasteiger partial charge is 0.240 e. The number of anilines is 1. The van der Waals surface area contributed by atoms with Crippen LogP contribution in [-0.4, -0.2) is 57.3 Å². The van der Waals surface area contributed by atoms with Crippen LogP contribution in [0.3, 0.4) is 0 Å². The quantitative estimate of drug-likeness (QED) is 0.461. The molecule has 1 aromatic carbocycles. The Morgan fingerprint density at radius 1 is 1.41 bits per heavy atom. The van der Waals surface area contributed by atoms with Crippen LogP contribution in [0, 0.1) is 0 Å².